The van der Waals surface area contributed by atoms with Gasteiger partial charge in [-0.1, -0.05) is 0 Å². The molecule has 7 nitrogen and oxygen atoms in total. The third kappa shape index (κ3) is 5.98. The average molecular weight is 325 g/mol. The summed E-state index contributed by atoms with van der Waals surface area (Å²) in [5.41, 5.74) is 5.79. The van der Waals surface area contributed by atoms with Crippen LogP contribution in [0.25, 0.3) is 0 Å². The Kier molecular flexibility index (Phi) is 7.59. The molecule has 0 unspecified atom stereocenters. The minimum absolute atomic E-state index is 0.243. The van der Waals surface area contributed by atoms with Crippen LogP contribution in [0.4, 0.5) is 0 Å². The Morgan fingerprint density at radius 2 is 1.70 bits per heavy atom. The van der Waals surface area contributed by atoms with Gasteiger partial charge in [0.2, 0.25) is 5.75 Å². The van der Waals surface area contributed by atoms with Crippen molar-refractivity contribution in [3.63, 3.8) is 0 Å². The summed E-state index contributed by atoms with van der Waals surface area (Å²) in [6.45, 7) is 2.24. The van der Waals surface area contributed by atoms with Gasteiger partial charge in [-0.15, -0.1) is 0 Å². The first-order chi connectivity index (χ1) is 11.0. The summed E-state index contributed by atoms with van der Waals surface area (Å²) in [7, 11) is 4.60. The second-order valence-electron chi connectivity index (χ2n) is 4.62. The number of nitrogens with two attached hydrogens (primary N) is 1. The highest BCUT2D eigenvalue weighted by Crippen LogP contribution is 2.40. The van der Waals surface area contributed by atoms with Crippen LogP contribution in [0.2, 0.25) is 0 Å². The van der Waals surface area contributed by atoms with Crippen molar-refractivity contribution in [2.24, 2.45) is 5.73 Å². The minimum Gasteiger partial charge on any atom is -0.493 e. The van der Waals surface area contributed by atoms with E-state index in [0.29, 0.717) is 41.7 Å². The maximum absolute atomic E-state index is 11.3. The van der Waals surface area contributed by atoms with E-state index < -0.39 is 5.97 Å². The quantitative estimate of drug-likeness (QED) is 0.421. The van der Waals surface area contributed by atoms with Crippen molar-refractivity contribution in [1.82, 2.24) is 0 Å². The molecule has 0 aromatic heterocycles. The molecule has 7 heteroatoms. The first kappa shape index (κ1) is 18.5. The van der Waals surface area contributed by atoms with Crippen LogP contribution in [0.5, 0.6) is 23.0 Å². The second kappa shape index (κ2) is 9.45. The lowest BCUT2D eigenvalue weighted by Crippen LogP contribution is -2.08. The zero-order valence-corrected chi connectivity index (χ0v) is 13.9. The third-order valence-corrected chi connectivity index (χ3v) is 2.79. The van der Waals surface area contributed by atoms with E-state index >= 15 is 0 Å². The highest BCUT2D eigenvalue weighted by Gasteiger charge is 2.13. The van der Waals surface area contributed by atoms with Gasteiger partial charge in [0.05, 0.1) is 34.5 Å². The van der Waals surface area contributed by atoms with Crippen LogP contribution in [-0.2, 0) is 9.53 Å². The summed E-state index contributed by atoms with van der Waals surface area (Å²) in [5.74, 6) is 1.63. The van der Waals surface area contributed by atoms with Gasteiger partial charge >= 0.3 is 5.97 Å². The fourth-order valence-electron chi connectivity index (χ4n) is 1.79. The van der Waals surface area contributed by atoms with Crippen molar-refractivity contribution in [3.8, 4) is 23.0 Å². The maximum atomic E-state index is 11.3. The van der Waals surface area contributed by atoms with Crippen LogP contribution < -0.4 is 24.7 Å². The fourth-order valence-corrected chi connectivity index (χ4v) is 1.79. The van der Waals surface area contributed by atoms with Gasteiger partial charge in [-0.05, 0) is 6.92 Å². The molecule has 0 heterocycles. The molecule has 0 bridgehead atoms. The number of hydrogen-bond acceptors (Lipinski definition) is 7. The molecule has 0 radical (unpaired) electrons. The van der Waals surface area contributed by atoms with Crippen molar-refractivity contribution < 1.29 is 28.5 Å². The van der Waals surface area contributed by atoms with Crippen LogP contribution in [0.3, 0.4) is 0 Å². The van der Waals surface area contributed by atoms with E-state index in [2.05, 4.69) is 0 Å². The molecular weight excluding hydrogens is 302 g/mol. The molecule has 23 heavy (non-hydrogen) atoms. The summed E-state index contributed by atoms with van der Waals surface area (Å²) < 4.78 is 26.3. The lowest BCUT2D eigenvalue weighted by molar-refractivity contribution is -0.138. The SMILES string of the molecule is COc1cc(OCCCOC(=O)C=C(C)N)cc(OC)c1OC. The third-order valence-electron chi connectivity index (χ3n) is 2.79. The van der Waals surface area contributed by atoms with Gasteiger partial charge in [0.15, 0.2) is 11.5 Å². The van der Waals surface area contributed by atoms with Crippen molar-refractivity contribution in [3.05, 3.63) is 23.9 Å². The largest absolute Gasteiger partial charge is 0.493 e. The van der Waals surface area contributed by atoms with E-state index in [0.717, 1.165) is 0 Å². The molecule has 0 aliphatic rings. The average Bonchev–Trinajstić information content (AvgIpc) is 2.52. The zero-order valence-electron chi connectivity index (χ0n) is 13.9. The molecule has 1 aromatic carbocycles. The highest BCUT2D eigenvalue weighted by atomic mass is 16.5. The number of allylic oxidation sites excluding steroid dienone is 1. The number of benzene rings is 1. The van der Waals surface area contributed by atoms with Crippen LogP contribution in [0.15, 0.2) is 23.9 Å². The minimum atomic E-state index is -0.460. The van der Waals surface area contributed by atoms with E-state index in [1.807, 2.05) is 0 Å². The molecule has 0 fully saturated rings. The van der Waals surface area contributed by atoms with Gasteiger partial charge in [-0.3, -0.25) is 0 Å². The van der Waals surface area contributed by atoms with Crippen molar-refractivity contribution in [2.75, 3.05) is 34.5 Å². The van der Waals surface area contributed by atoms with Gasteiger partial charge < -0.3 is 29.4 Å². The number of rotatable bonds is 9. The molecule has 1 aromatic rings. The molecule has 0 spiro atoms. The number of methoxy groups -OCH3 is 3. The molecule has 2 N–H and O–H groups in total. The molecule has 1 rings (SSSR count). The summed E-state index contributed by atoms with van der Waals surface area (Å²) >= 11 is 0. The maximum Gasteiger partial charge on any atom is 0.332 e. The summed E-state index contributed by atoms with van der Waals surface area (Å²) in [6.07, 6.45) is 1.78. The van der Waals surface area contributed by atoms with E-state index in [1.165, 1.54) is 27.4 Å². The Morgan fingerprint density at radius 1 is 1.09 bits per heavy atom. The van der Waals surface area contributed by atoms with Crippen LogP contribution in [0, 0.1) is 0 Å². The van der Waals surface area contributed by atoms with E-state index in [1.54, 1.807) is 19.1 Å². The Morgan fingerprint density at radius 3 is 2.17 bits per heavy atom. The Bertz CT molecular complexity index is 526. The summed E-state index contributed by atoms with van der Waals surface area (Å²) in [4.78, 5) is 11.3. The Labute approximate surface area is 135 Å². The number of carbonyl (C=O) groups excluding carboxylic acids is 1. The Hall–Kier alpha value is -2.57. The Balaban J connectivity index is 2.52. The number of esters is 1. The summed E-state index contributed by atoms with van der Waals surface area (Å²) in [6, 6.07) is 3.40. The number of hydrogen-bond donors (Lipinski definition) is 1. The molecule has 0 saturated heterocycles. The molecule has 0 amide bonds. The van der Waals surface area contributed by atoms with Crippen LogP contribution in [0.1, 0.15) is 13.3 Å². The lowest BCUT2D eigenvalue weighted by Gasteiger charge is -2.14. The van der Waals surface area contributed by atoms with Gasteiger partial charge in [0.1, 0.15) is 5.75 Å². The molecule has 0 saturated carbocycles. The lowest BCUT2D eigenvalue weighted by atomic mass is 10.2. The number of carbonyl (C=O) groups is 1. The van der Waals surface area contributed by atoms with E-state index in [9.17, 15) is 4.79 Å². The van der Waals surface area contributed by atoms with Crippen molar-refractivity contribution >= 4 is 5.97 Å². The monoisotopic (exact) mass is 325 g/mol. The highest BCUT2D eigenvalue weighted by molar-refractivity contribution is 5.82. The number of ether oxygens (including phenoxy) is 5. The van der Waals surface area contributed by atoms with Gasteiger partial charge in [0.25, 0.3) is 0 Å². The smallest absolute Gasteiger partial charge is 0.332 e. The molecule has 0 atom stereocenters. The van der Waals surface area contributed by atoms with Gasteiger partial charge in [-0.2, -0.15) is 0 Å². The van der Waals surface area contributed by atoms with Gasteiger partial charge in [0, 0.05) is 30.3 Å². The normalized spacial score (nSPS) is 10.9. The topological polar surface area (TPSA) is 89.2 Å². The van der Waals surface area contributed by atoms with E-state index in [4.69, 9.17) is 29.4 Å². The fraction of sp³-hybridized carbons (Fsp3) is 0.438. The summed E-state index contributed by atoms with van der Waals surface area (Å²) in [5, 5.41) is 0. The first-order valence-corrected chi connectivity index (χ1v) is 7.05. The van der Waals surface area contributed by atoms with Gasteiger partial charge in [-0.25, -0.2) is 4.79 Å². The van der Waals surface area contributed by atoms with Crippen molar-refractivity contribution in [2.45, 2.75) is 13.3 Å². The van der Waals surface area contributed by atoms with Crippen LogP contribution in [-0.4, -0.2) is 40.5 Å². The predicted octanol–water partition coefficient (Wildman–Crippen LogP) is 1.89. The predicted molar refractivity (Wildman–Crippen MR) is 85.1 cm³/mol. The molecular formula is C16H23NO6. The van der Waals surface area contributed by atoms with Crippen molar-refractivity contribution in [1.29, 1.82) is 0 Å². The second-order valence-corrected chi connectivity index (χ2v) is 4.62. The van der Waals surface area contributed by atoms with E-state index in [-0.39, 0.29) is 6.61 Å². The zero-order chi connectivity index (χ0) is 17.2. The molecule has 0 aliphatic carbocycles. The standard InChI is InChI=1S/C16H23NO6/c1-11(17)8-15(18)23-7-5-6-22-12-9-13(19-2)16(21-4)14(10-12)20-3/h8-10H,5-7,17H2,1-4H3. The first-order valence-electron chi connectivity index (χ1n) is 7.05. The molecule has 0 aliphatic heterocycles. The molecule has 128 valence electrons. The van der Waals surface area contributed by atoms with Crippen LogP contribution >= 0.6 is 0 Å².